The van der Waals surface area contributed by atoms with Gasteiger partial charge in [0.05, 0.1) is 4.92 Å². The number of carbonyl (C=O) groups excluding carboxylic acids is 2. The van der Waals surface area contributed by atoms with Crippen LogP contribution < -0.4 is 0 Å². The highest BCUT2D eigenvalue weighted by Gasteiger charge is 2.24. The molecular formula is C18H16ClFN2O5. The predicted octanol–water partition coefficient (Wildman–Crippen LogP) is 3.51. The maximum atomic E-state index is 13.8. The highest BCUT2D eigenvalue weighted by Crippen LogP contribution is 2.24. The van der Waals surface area contributed by atoms with E-state index >= 15 is 0 Å². The van der Waals surface area contributed by atoms with Crippen molar-refractivity contribution in [3.05, 3.63) is 74.0 Å². The molecule has 2 aromatic carbocycles. The van der Waals surface area contributed by atoms with E-state index in [4.69, 9.17) is 16.3 Å². The third-order valence-corrected chi connectivity index (χ3v) is 4.20. The second-order valence-corrected chi connectivity index (χ2v) is 6.16. The van der Waals surface area contributed by atoms with Crippen molar-refractivity contribution in [1.29, 1.82) is 0 Å². The topological polar surface area (TPSA) is 89.8 Å². The molecule has 0 spiro atoms. The Kier molecular flexibility index (Phi) is 6.46. The molecule has 27 heavy (non-hydrogen) atoms. The van der Waals surface area contributed by atoms with Crippen LogP contribution >= 0.6 is 11.6 Å². The van der Waals surface area contributed by atoms with E-state index < -0.39 is 29.2 Å². The van der Waals surface area contributed by atoms with Gasteiger partial charge in [0.25, 0.3) is 11.6 Å². The molecule has 0 unspecified atom stereocenters. The van der Waals surface area contributed by atoms with Crippen LogP contribution in [0.25, 0.3) is 0 Å². The van der Waals surface area contributed by atoms with E-state index in [0.717, 1.165) is 4.90 Å². The molecule has 0 radical (unpaired) electrons. The molecular weight excluding hydrogens is 379 g/mol. The summed E-state index contributed by atoms with van der Waals surface area (Å²) in [6, 6.07) is 8.38. The lowest BCUT2D eigenvalue weighted by Gasteiger charge is -2.18. The Hall–Kier alpha value is -3.00. The number of halogens is 2. The number of rotatable bonds is 6. The summed E-state index contributed by atoms with van der Waals surface area (Å²) in [6.07, 6.45) is 0. The summed E-state index contributed by atoms with van der Waals surface area (Å²) in [5.74, 6) is -2.16. The van der Waals surface area contributed by atoms with Crippen LogP contribution in [0.1, 0.15) is 21.5 Å². The van der Waals surface area contributed by atoms with E-state index in [0.29, 0.717) is 5.56 Å². The van der Waals surface area contributed by atoms with Gasteiger partial charge in [-0.15, -0.1) is 0 Å². The van der Waals surface area contributed by atoms with Crippen molar-refractivity contribution in [2.75, 3.05) is 13.7 Å². The summed E-state index contributed by atoms with van der Waals surface area (Å²) in [7, 11) is 1.40. The van der Waals surface area contributed by atoms with Crippen LogP contribution in [-0.2, 0) is 16.1 Å². The van der Waals surface area contributed by atoms with Crippen LogP contribution in [-0.4, -0.2) is 35.4 Å². The second kappa shape index (κ2) is 8.59. The first-order valence-electron chi connectivity index (χ1n) is 7.80. The fourth-order valence-corrected chi connectivity index (χ4v) is 2.61. The molecule has 0 heterocycles. The normalized spacial score (nSPS) is 10.4. The number of benzene rings is 2. The number of aryl methyl sites for hydroxylation is 1. The smallest absolute Gasteiger partial charge is 0.345 e. The number of hydrogen-bond donors (Lipinski definition) is 0. The van der Waals surface area contributed by atoms with Crippen LogP contribution in [0.5, 0.6) is 0 Å². The molecule has 0 fully saturated rings. The van der Waals surface area contributed by atoms with Gasteiger partial charge in [-0.3, -0.25) is 14.9 Å². The van der Waals surface area contributed by atoms with Crippen LogP contribution in [0.3, 0.4) is 0 Å². The van der Waals surface area contributed by atoms with E-state index in [1.54, 1.807) is 0 Å². The Bertz CT molecular complexity index is 883. The van der Waals surface area contributed by atoms with E-state index in [9.17, 15) is 24.1 Å². The first kappa shape index (κ1) is 20.3. The third-order valence-electron chi connectivity index (χ3n) is 3.85. The Morgan fingerprint density at radius 2 is 1.93 bits per heavy atom. The molecule has 1 amide bonds. The quantitative estimate of drug-likeness (QED) is 0.425. The Labute approximate surface area is 159 Å². The maximum absolute atomic E-state index is 13.8. The second-order valence-electron chi connectivity index (χ2n) is 5.75. The number of hydrogen-bond acceptors (Lipinski definition) is 5. The van der Waals surface area contributed by atoms with Crippen molar-refractivity contribution in [3.8, 4) is 0 Å². The largest absolute Gasteiger partial charge is 0.452 e. The molecule has 2 aromatic rings. The van der Waals surface area contributed by atoms with Gasteiger partial charge in [-0.2, -0.15) is 0 Å². The third kappa shape index (κ3) is 4.79. The minimum Gasteiger partial charge on any atom is -0.452 e. The van der Waals surface area contributed by atoms with E-state index in [-0.39, 0.29) is 28.4 Å². The number of nitro groups is 1. The molecule has 0 saturated carbocycles. The Morgan fingerprint density at radius 1 is 1.26 bits per heavy atom. The zero-order valence-electron chi connectivity index (χ0n) is 14.6. The molecule has 0 saturated heterocycles. The SMILES string of the molecule is Cc1cccc(C(=O)OCC(=O)N(C)Cc2c(F)cccc2Cl)c1[N+](=O)[O-]. The van der Waals surface area contributed by atoms with Gasteiger partial charge in [-0.1, -0.05) is 29.8 Å². The van der Waals surface area contributed by atoms with Crippen molar-refractivity contribution >= 4 is 29.2 Å². The molecule has 0 aliphatic rings. The van der Waals surface area contributed by atoms with Crippen LogP contribution in [0.15, 0.2) is 36.4 Å². The van der Waals surface area contributed by atoms with Gasteiger partial charge >= 0.3 is 5.97 Å². The monoisotopic (exact) mass is 394 g/mol. The van der Waals surface area contributed by atoms with Gasteiger partial charge in [-0.25, -0.2) is 9.18 Å². The maximum Gasteiger partial charge on any atom is 0.345 e. The van der Waals surface area contributed by atoms with Gasteiger partial charge in [-0.05, 0) is 25.1 Å². The van der Waals surface area contributed by atoms with Gasteiger partial charge < -0.3 is 9.64 Å². The molecule has 0 bridgehead atoms. The number of likely N-dealkylation sites (N-methyl/N-ethyl adjacent to an activating group) is 1. The summed E-state index contributed by atoms with van der Waals surface area (Å²) in [5, 5.41) is 11.3. The molecule has 7 nitrogen and oxygen atoms in total. The molecule has 0 aromatic heterocycles. The van der Waals surface area contributed by atoms with E-state index in [1.165, 1.54) is 50.4 Å². The molecule has 142 valence electrons. The number of nitro benzene ring substituents is 1. The highest BCUT2D eigenvalue weighted by molar-refractivity contribution is 6.31. The number of esters is 1. The van der Waals surface area contributed by atoms with E-state index in [1.807, 2.05) is 0 Å². The first-order chi connectivity index (χ1) is 12.7. The molecule has 0 atom stereocenters. The van der Waals surface area contributed by atoms with Crippen molar-refractivity contribution < 1.29 is 23.6 Å². The molecule has 0 N–H and O–H groups in total. The average molecular weight is 395 g/mol. The lowest BCUT2D eigenvalue weighted by molar-refractivity contribution is -0.385. The number of ether oxygens (including phenoxy) is 1. The van der Waals surface area contributed by atoms with Crippen molar-refractivity contribution in [1.82, 2.24) is 4.90 Å². The molecule has 2 rings (SSSR count). The summed E-state index contributed by atoms with van der Waals surface area (Å²) in [5.41, 5.74) is -0.184. The number of para-hydroxylation sites is 1. The minimum absolute atomic E-state index is 0.119. The fourth-order valence-electron chi connectivity index (χ4n) is 2.39. The van der Waals surface area contributed by atoms with Gasteiger partial charge in [0.1, 0.15) is 11.4 Å². The fraction of sp³-hybridized carbons (Fsp3) is 0.222. The average Bonchev–Trinajstić information content (AvgIpc) is 2.61. The standard InChI is InChI=1S/C18H16ClFN2O5/c1-11-5-3-6-12(17(11)22(25)26)18(24)27-10-16(23)21(2)9-13-14(19)7-4-8-15(13)20/h3-8H,9-10H2,1-2H3. The lowest BCUT2D eigenvalue weighted by atomic mass is 10.1. The molecule has 9 heteroatoms. The number of amides is 1. The summed E-state index contributed by atoms with van der Waals surface area (Å²) in [6.45, 7) is 0.727. The number of nitrogens with zero attached hydrogens (tertiary/aromatic N) is 2. The highest BCUT2D eigenvalue weighted by atomic mass is 35.5. The van der Waals surface area contributed by atoms with Crippen molar-refractivity contribution in [3.63, 3.8) is 0 Å². The van der Waals surface area contributed by atoms with E-state index in [2.05, 4.69) is 0 Å². The van der Waals surface area contributed by atoms with Gasteiger partial charge in [0, 0.05) is 29.7 Å². The predicted molar refractivity (Wildman–Crippen MR) is 96.0 cm³/mol. The first-order valence-corrected chi connectivity index (χ1v) is 8.18. The summed E-state index contributed by atoms with van der Waals surface area (Å²) in [4.78, 5) is 35.9. The van der Waals surface area contributed by atoms with Crippen molar-refractivity contribution in [2.45, 2.75) is 13.5 Å². The summed E-state index contributed by atoms with van der Waals surface area (Å²) >= 11 is 5.92. The van der Waals surface area contributed by atoms with Crippen LogP contribution in [0.2, 0.25) is 5.02 Å². The molecule has 0 aliphatic carbocycles. The Balaban J connectivity index is 2.04. The van der Waals surface area contributed by atoms with Gasteiger partial charge in [0.2, 0.25) is 0 Å². The van der Waals surface area contributed by atoms with Crippen LogP contribution in [0.4, 0.5) is 10.1 Å². The molecule has 0 aliphatic heterocycles. The minimum atomic E-state index is -0.990. The Morgan fingerprint density at radius 3 is 2.56 bits per heavy atom. The van der Waals surface area contributed by atoms with Crippen molar-refractivity contribution in [2.24, 2.45) is 0 Å². The lowest BCUT2D eigenvalue weighted by Crippen LogP contribution is -2.31. The number of carbonyl (C=O) groups is 2. The van der Waals surface area contributed by atoms with Crippen LogP contribution in [0, 0.1) is 22.9 Å². The van der Waals surface area contributed by atoms with Gasteiger partial charge in [0.15, 0.2) is 6.61 Å². The zero-order chi connectivity index (χ0) is 20.1. The summed E-state index contributed by atoms with van der Waals surface area (Å²) < 4.78 is 18.7. The zero-order valence-corrected chi connectivity index (χ0v) is 15.3.